The van der Waals surface area contributed by atoms with E-state index in [-0.39, 0.29) is 24.4 Å². The van der Waals surface area contributed by atoms with Crippen molar-refractivity contribution in [3.63, 3.8) is 0 Å². The summed E-state index contributed by atoms with van der Waals surface area (Å²) < 4.78 is 6.27. The molecule has 0 spiro atoms. The Morgan fingerprint density at radius 1 is 1.41 bits per heavy atom. The third-order valence-corrected chi connectivity index (χ3v) is 2.39. The van der Waals surface area contributed by atoms with Crippen molar-refractivity contribution in [3.05, 3.63) is 40.7 Å². The lowest BCUT2D eigenvalue weighted by Crippen LogP contribution is -2.19. The first-order chi connectivity index (χ1) is 8.22. The molecule has 5 nitrogen and oxygen atoms in total. The van der Waals surface area contributed by atoms with Gasteiger partial charge >= 0.3 is 0 Å². The molecule has 0 N–H and O–H groups in total. The number of nitrogens with zero attached hydrogens (tertiary/aromatic N) is 2. The molecule has 1 heterocycles. The van der Waals surface area contributed by atoms with Crippen LogP contribution in [-0.2, 0) is 16.1 Å². The van der Waals surface area contributed by atoms with E-state index in [1.807, 2.05) is 0 Å². The number of carbonyl (C=O) groups is 1. The van der Waals surface area contributed by atoms with Crippen LogP contribution in [0.2, 0.25) is 0 Å². The van der Waals surface area contributed by atoms with Crippen molar-refractivity contribution in [2.24, 2.45) is 0 Å². The Labute approximate surface area is 97.6 Å². The zero-order valence-corrected chi connectivity index (χ0v) is 9.42. The molecule has 2 rings (SSSR count). The van der Waals surface area contributed by atoms with Crippen LogP contribution in [0.3, 0.4) is 0 Å². The van der Waals surface area contributed by atoms with E-state index in [2.05, 4.69) is 5.10 Å². The number of Topliss-reactive ketones (excluding diaryl/α,β-unsaturated/α-hetero) is 1. The maximum Gasteiger partial charge on any atom is 0.207 e. The highest BCUT2D eigenvalue weighted by Crippen LogP contribution is 2.07. The number of aromatic nitrogens is 2. The maximum atomic E-state index is 11.6. The van der Waals surface area contributed by atoms with E-state index in [1.54, 1.807) is 24.3 Å². The molecule has 17 heavy (non-hydrogen) atoms. The minimum atomic E-state index is -0.143. The van der Waals surface area contributed by atoms with Gasteiger partial charge < -0.3 is 4.74 Å². The molecule has 0 radical (unpaired) electrons. The molecule has 0 saturated carbocycles. The second kappa shape index (κ2) is 4.88. The number of ether oxygens (including phenoxy) is 1. The van der Waals surface area contributed by atoms with Gasteiger partial charge in [0.1, 0.15) is 13.2 Å². The molecule has 0 aliphatic heterocycles. The molecule has 0 aliphatic carbocycles. The van der Waals surface area contributed by atoms with E-state index in [0.29, 0.717) is 10.9 Å². The van der Waals surface area contributed by atoms with E-state index >= 15 is 0 Å². The Kier molecular flexibility index (Phi) is 3.30. The SMILES string of the molecule is COCC(=O)Cn1ncc(=O)c2ccccc21. The van der Waals surface area contributed by atoms with Gasteiger partial charge in [0.2, 0.25) is 5.43 Å². The number of para-hydroxylation sites is 1. The van der Waals surface area contributed by atoms with Crippen molar-refractivity contribution >= 4 is 16.7 Å². The van der Waals surface area contributed by atoms with Crippen molar-refractivity contribution in [1.82, 2.24) is 9.78 Å². The van der Waals surface area contributed by atoms with Gasteiger partial charge in [-0.15, -0.1) is 0 Å². The number of hydrogen-bond acceptors (Lipinski definition) is 4. The lowest BCUT2D eigenvalue weighted by atomic mass is 10.2. The van der Waals surface area contributed by atoms with Gasteiger partial charge in [-0.1, -0.05) is 12.1 Å². The number of fused-ring (bicyclic) bond motifs is 1. The van der Waals surface area contributed by atoms with E-state index in [4.69, 9.17) is 4.74 Å². The van der Waals surface area contributed by atoms with Crippen LogP contribution < -0.4 is 5.43 Å². The highest BCUT2D eigenvalue weighted by molar-refractivity contribution is 5.83. The van der Waals surface area contributed by atoms with Gasteiger partial charge in [-0.25, -0.2) is 0 Å². The van der Waals surface area contributed by atoms with Gasteiger partial charge in [-0.05, 0) is 12.1 Å². The van der Waals surface area contributed by atoms with E-state index in [1.165, 1.54) is 18.0 Å². The minimum absolute atomic E-state index is 0.0438. The van der Waals surface area contributed by atoms with E-state index < -0.39 is 0 Å². The molecule has 88 valence electrons. The van der Waals surface area contributed by atoms with Crippen molar-refractivity contribution in [3.8, 4) is 0 Å². The Balaban J connectivity index is 2.45. The molecular weight excluding hydrogens is 220 g/mol. The monoisotopic (exact) mass is 232 g/mol. The molecule has 5 heteroatoms. The summed E-state index contributed by atoms with van der Waals surface area (Å²) in [5.74, 6) is -0.0891. The predicted molar refractivity (Wildman–Crippen MR) is 62.9 cm³/mol. The number of benzene rings is 1. The smallest absolute Gasteiger partial charge is 0.207 e. The first-order valence-corrected chi connectivity index (χ1v) is 5.18. The van der Waals surface area contributed by atoms with Crippen molar-refractivity contribution in [2.75, 3.05) is 13.7 Å². The van der Waals surface area contributed by atoms with Gasteiger partial charge in [0.15, 0.2) is 5.78 Å². The van der Waals surface area contributed by atoms with Gasteiger partial charge in [0.05, 0.1) is 11.7 Å². The van der Waals surface area contributed by atoms with Crippen molar-refractivity contribution < 1.29 is 9.53 Å². The fourth-order valence-corrected chi connectivity index (χ4v) is 1.66. The summed E-state index contributed by atoms with van der Waals surface area (Å²) in [5, 5.41) is 4.52. The maximum absolute atomic E-state index is 11.6. The van der Waals surface area contributed by atoms with Crippen LogP contribution in [-0.4, -0.2) is 29.3 Å². The molecule has 0 aliphatic rings. The fraction of sp³-hybridized carbons (Fsp3) is 0.250. The lowest BCUT2D eigenvalue weighted by Gasteiger charge is -2.07. The van der Waals surface area contributed by atoms with Gasteiger partial charge in [0.25, 0.3) is 0 Å². The second-order valence-electron chi connectivity index (χ2n) is 3.66. The van der Waals surface area contributed by atoms with Crippen molar-refractivity contribution in [2.45, 2.75) is 6.54 Å². The first kappa shape index (κ1) is 11.5. The van der Waals surface area contributed by atoms with E-state index in [0.717, 1.165) is 0 Å². The summed E-state index contributed by atoms with van der Waals surface area (Å²) in [7, 11) is 1.47. The Morgan fingerprint density at radius 2 is 2.18 bits per heavy atom. The lowest BCUT2D eigenvalue weighted by molar-refractivity contribution is -0.123. The number of carbonyl (C=O) groups excluding carboxylic acids is 1. The zero-order valence-electron chi connectivity index (χ0n) is 9.42. The summed E-state index contributed by atoms with van der Waals surface area (Å²) >= 11 is 0. The summed E-state index contributed by atoms with van der Waals surface area (Å²) in [6.07, 6.45) is 1.22. The van der Waals surface area contributed by atoms with Gasteiger partial charge in [-0.2, -0.15) is 5.10 Å². The quantitative estimate of drug-likeness (QED) is 0.775. The second-order valence-corrected chi connectivity index (χ2v) is 3.66. The number of ketones is 1. The molecular formula is C12H12N2O3. The van der Waals surface area contributed by atoms with Crippen LogP contribution in [0.1, 0.15) is 0 Å². The highest BCUT2D eigenvalue weighted by Gasteiger charge is 2.07. The number of hydrogen-bond donors (Lipinski definition) is 0. The van der Waals surface area contributed by atoms with Crippen LogP contribution in [0.15, 0.2) is 35.3 Å². The normalized spacial score (nSPS) is 10.6. The largest absolute Gasteiger partial charge is 0.377 e. The molecule has 0 fully saturated rings. The summed E-state index contributed by atoms with van der Waals surface area (Å²) in [4.78, 5) is 23.0. The average Bonchev–Trinajstić information content (AvgIpc) is 2.34. The molecule has 1 aromatic heterocycles. The van der Waals surface area contributed by atoms with Crippen LogP contribution in [0, 0.1) is 0 Å². The topological polar surface area (TPSA) is 61.2 Å². The highest BCUT2D eigenvalue weighted by atomic mass is 16.5. The molecule has 1 aromatic carbocycles. The third-order valence-electron chi connectivity index (χ3n) is 2.39. The molecule has 0 saturated heterocycles. The van der Waals surface area contributed by atoms with Crippen LogP contribution >= 0.6 is 0 Å². The fourth-order valence-electron chi connectivity index (χ4n) is 1.66. The summed E-state index contributed by atoms with van der Waals surface area (Å²) in [6, 6.07) is 7.08. The molecule has 0 unspecified atom stereocenters. The van der Waals surface area contributed by atoms with E-state index in [9.17, 15) is 9.59 Å². The van der Waals surface area contributed by atoms with Gasteiger partial charge in [-0.3, -0.25) is 14.3 Å². The predicted octanol–water partition coefficient (Wildman–Crippen LogP) is 0.612. The van der Waals surface area contributed by atoms with Gasteiger partial charge in [0, 0.05) is 12.5 Å². The molecule has 0 amide bonds. The van der Waals surface area contributed by atoms with Crippen LogP contribution in [0.4, 0.5) is 0 Å². The molecule has 0 bridgehead atoms. The Morgan fingerprint density at radius 3 is 2.94 bits per heavy atom. The Hall–Kier alpha value is -2.01. The standard InChI is InChI=1S/C12H12N2O3/c1-17-8-9(15)7-14-11-5-3-2-4-10(11)12(16)6-13-14/h2-6H,7-8H2,1H3. The molecule has 0 atom stereocenters. The number of rotatable bonds is 4. The Bertz CT molecular complexity index is 604. The average molecular weight is 232 g/mol. The first-order valence-electron chi connectivity index (χ1n) is 5.18. The van der Waals surface area contributed by atoms with Crippen molar-refractivity contribution in [1.29, 1.82) is 0 Å². The van der Waals surface area contributed by atoms with Crippen LogP contribution in [0.25, 0.3) is 10.9 Å². The summed E-state index contributed by atoms with van der Waals surface area (Å²) in [5.41, 5.74) is 0.514. The van der Waals surface area contributed by atoms with Crippen LogP contribution in [0.5, 0.6) is 0 Å². The summed E-state index contributed by atoms with van der Waals surface area (Å²) in [6.45, 7) is 0.150. The minimum Gasteiger partial charge on any atom is -0.377 e. The molecule has 2 aromatic rings. The third kappa shape index (κ3) is 2.39. The number of methoxy groups -OCH3 is 1. The zero-order chi connectivity index (χ0) is 12.3.